The number of hydrogen-bond acceptors (Lipinski definition) is 7. The van der Waals surface area contributed by atoms with Crippen molar-refractivity contribution in [1.29, 1.82) is 0 Å². The van der Waals surface area contributed by atoms with E-state index in [-0.39, 0.29) is 66.0 Å². The van der Waals surface area contributed by atoms with Crippen LogP contribution in [-0.2, 0) is 30.3 Å². The highest BCUT2D eigenvalue weighted by Crippen LogP contribution is 2.30. The predicted molar refractivity (Wildman–Crippen MR) is 201 cm³/mol. The molecular weight excluding hydrogens is 639 g/mol. The van der Waals surface area contributed by atoms with Crippen LogP contribution < -0.4 is 16.0 Å². The largest absolute Gasteiger partial charge is 0.379 e. The van der Waals surface area contributed by atoms with E-state index in [4.69, 9.17) is 21.7 Å². The number of methoxy groups -OCH3 is 2. The number of nitrogens with one attached hydrogen (secondary N) is 3. The van der Waals surface area contributed by atoms with Crippen molar-refractivity contribution in [1.82, 2.24) is 25.8 Å². The fraction of sp³-hybridized carbons (Fsp3) is 0.737. The maximum atomic E-state index is 14.1. The predicted octanol–water partition coefficient (Wildman–Crippen LogP) is 4.45. The van der Waals surface area contributed by atoms with Crippen molar-refractivity contribution >= 4 is 34.9 Å². The molecule has 1 aromatic rings. The topological polar surface area (TPSA) is 112 Å². The van der Waals surface area contributed by atoms with Gasteiger partial charge in [0.05, 0.1) is 41.7 Å². The fourth-order valence-corrected chi connectivity index (χ4v) is 7.42. The third kappa shape index (κ3) is 11.7. The first-order valence-corrected chi connectivity index (χ1v) is 18.6. The van der Waals surface area contributed by atoms with Gasteiger partial charge in [0, 0.05) is 40.3 Å². The Kier molecular flexibility index (Phi) is 18.2. The maximum Gasteiger partial charge on any atom is 0.245 e. The van der Waals surface area contributed by atoms with E-state index in [1.165, 1.54) is 5.56 Å². The first-order valence-electron chi connectivity index (χ1n) is 18.1. The molecule has 1 aliphatic rings. The van der Waals surface area contributed by atoms with Crippen LogP contribution >= 0.6 is 12.2 Å². The molecule has 0 bridgehead atoms. The molecule has 8 atom stereocenters. The van der Waals surface area contributed by atoms with Crippen molar-refractivity contribution in [3.63, 3.8) is 0 Å². The van der Waals surface area contributed by atoms with Crippen LogP contribution in [0.25, 0.3) is 0 Å². The number of nitrogens with zero attached hydrogens (tertiary/aromatic N) is 2. The summed E-state index contributed by atoms with van der Waals surface area (Å²) in [7, 11) is 6.81. The number of ether oxygens (including phenoxy) is 2. The van der Waals surface area contributed by atoms with Gasteiger partial charge >= 0.3 is 0 Å². The van der Waals surface area contributed by atoms with Crippen LogP contribution in [0.3, 0.4) is 0 Å². The van der Waals surface area contributed by atoms with E-state index in [2.05, 4.69) is 48.9 Å². The second-order valence-electron chi connectivity index (χ2n) is 14.4. The average Bonchev–Trinajstić information content (AvgIpc) is 3.56. The number of likely N-dealkylation sites (N-methyl/N-ethyl adjacent to an activating group) is 2. The van der Waals surface area contributed by atoms with Gasteiger partial charge in [-0.15, -0.1) is 0 Å². The number of amides is 3. The molecule has 49 heavy (non-hydrogen) atoms. The minimum absolute atomic E-state index is 0.0248. The molecule has 0 radical (unpaired) electrons. The second-order valence-corrected chi connectivity index (χ2v) is 14.8. The fourth-order valence-electron chi connectivity index (χ4n) is 7.19. The summed E-state index contributed by atoms with van der Waals surface area (Å²) in [6.45, 7) is 15.4. The number of benzene rings is 1. The third-order valence-corrected chi connectivity index (χ3v) is 10.8. The number of carbonyl (C=O) groups excluding carboxylic acids is 3. The van der Waals surface area contributed by atoms with Crippen LogP contribution in [0.4, 0.5) is 0 Å². The lowest BCUT2D eigenvalue weighted by molar-refractivity contribution is -0.147. The number of thiocarbonyl (C=S) groups is 1. The molecule has 0 saturated carbocycles. The first-order chi connectivity index (χ1) is 23.2. The monoisotopic (exact) mass is 703 g/mol. The minimum atomic E-state index is -0.719. The molecule has 3 amide bonds. The van der Waals surface area contributed by atoms with Gasteiger partial charge in [-0.25, -0.2) is 0 Å². The molecule has 2 rings (SSSR count). The lowest BCUT2D eigenvalue weighted by Gasteiger charge is -2.41. The Bertz CT molecular complexity index is 1180. The molecule has 1 heterocycles. The lowest BCUT2D eigenvalue weighted by atomic mass is 9.89. The Morgan fingerprint density at radius 1 is 1.00 bits per heavy atom. The molecule has 1 fully saturated rings. The van der Waals surface area contributed by atoms with Crippen molar-refractivity contribution < 1.29 is 23.9 Å². The van der Waals surface area contributed by atoms with Crippen molar-refractivity contribution in [3.05, 3.63) is 35.9 Å². The van der Waals surface area contributed by atoms with Crippen LogP contribution in [-0.4, -0.2) is 110 Å². The Hall–Kier alpha value is -2.60. The minimum Gasteiger partial charge on any atom is -0.379 e. The van der Waals surface area contributed by atoms with E-state index >= 15 is 0 Å². The third-order valence-electron chi connectivity index (χ3n) is 10.3. The van der Waals surface area contributed by atoms with Gasteiger partial charge in [-0.05, 0) is 49.6 Å². The smallest absolute Gasteiger partial charge is 0.245 e. The molecule has 0 aliphatic carbocycles. The normalized spacial score (nSPS) is 19.1. The zero-order chi connectivity index (χ0) is 36.8. The second kappa shape index (κ2) is 20.9. The number of rotatable bonds is 20. The molecular formula is C38H65N5O5S. The van der Waals surface area contributed by atoms with E-state index in [0.717, 1.165) is 37.2 Å². The van der Waals surface area contributed by atoms with E-state index in [1.807, 2.05) is 50.8 Å². The van der Waals surface area contributed by atoms with Gasteiger partial charge in [0.2, 0.25) is 17.7 Å². The summed E-state index contributed by atoms with van der Waals surface area (Å²) in [6.07, 6.45) is 2.67. The van der Waals surface area contributed by atoms with Gasteiger partial charge in [0.1, 0.15) is 6.04 Å². The highest BCUT2D eigenvalue weighted by Gasteiger charge is 2.42. The number of likely N-dealkylation sites (tertiary alicyclic amines) is 1. The highest BCUT2D eigenvalue weighted by molar-refractivity contribution is 7.80. The molecule has 1 aliphatic heterocycles. The number of hydrogen-bond donors (Lipinski definition) is 3. The van der Waals surface area contributed by atoms with Crippen molar-refractivity contribution in [2.45, 2.75) is 117 Å². The summed E-state index contributed by atoms with van der Waals surface area (Å²) in [5.74, 6) is -0.554. The van der Waals surface area contributed by atoms with Gasteiger partial charge in [0.25, 0.3) is 0 Å². The van der Waals surface area contributed by atoms with Gasteiger partial charge in [-0.3, -0.25) is 14.4 Å². The molecule has 1 aromatic carbocycles. The van der Waals surface area contributed by atoms with E-state index in [9.17, 15) is 14.4 Å². The Morgan fingerprint density at radius 2 is 1.63 bits per heavy atom. The first kappa shape index (κ1) is 42.6. The summed E-state index contributed by atoms with van der Waals surface area (Å²) in [5.41, 5.74) is 1.25. The van der Waals surface area contributed by atoms with Crippen LogP contribution in [0, 0.1) is 23.7 Å². The molecule has 1 saturated heterocycles. The van der Waals surface area contributed by atoms with E-state index in [0.29, 0.717) is 6.54 Å². The Morgan fingerprint density at radius 3 is 2.16 bits per heavy atom. The molecule has 3 N–H and O–H groups in total. The van der Waals surface area contributed by atoms with Crippen molar-refractivity contribution in [2.24, 2.45) is 23.7 Å². The van der Waals surface area contributed by atoms with Crippen molar-refractivity contribution in [2.75, 3.05) is 41.4 Å². The maximum absolute atomic E-state index is 14.1. The van der Waals surface area contributed by atoms with Crippen LogP contribution in [0.2, 0.25) is 0 Å². The van der Waals surface area contributed by atoms with Crippen molar-refractivity contribution in [3.8, 4) is 0 Å². The summed E-state index contributed by atoms with van der Waals surface area (Å²) >= 11 is 5.81. The standard InChI is InChI=1S/C38H65N5O5S/c1-12-26(6)34(42(9)38(46)33(25(4)5)41-36(45)32(39-8)24(2)3)30(47-10)23-31(44)43-22-16-19-29(43)35(48-11)27(7)37(49)40-21-20-28-17-14-13-15-18-28/h13-15,17-18,24-27,29-30,32-35,39H,12,16,19-23H2,1-11H3,(H,40,49)(H,41,45)/t26-,27+,29-,30+,32-,33-,34-,35+/m0/s1. The lowest BCUT2D eigenvalue weighted by Crippen LogP contribution is -2.59. The quantitative estimate of drug-likeness (QED) is 0.171. The Labute approximate surface area is 301 Å². The number of carbonyl (C=O) groups is 3. The van der Waals surface area contributed by atoms with E-state index < -0.39 is 18.2 Å². The van der Waals surface area contributed by atoms with Gasteiger partial charge in [-0.2, -0.15) is 0 Å². The van der Waals surface area contributed by atoms with Gasteiger partial charge in [-0.1, -0.05) is 97.4 Å². The van der Waals surface area contributed by atoms with E-state index in [1.54, 1.807) is 33.2 Å². The molecule has 278 valence electrons. The van der Waals surface area contributed by atoms with Gasteiger partial charge in [0.15, 0.2) is 0 Å². The molecule has 11 heteroatoms. The molecule has 0 aromatic heterocycles. The van der Waals surface area contributed by atoms with Crippen LogP contribution in [0.1, 0.15) is 79.7 Å². The summed E-state index contributed by atoms with van der Waals surface area (Å²) in [6, 6.07) is 8.66. The molecule has 0 spiro atoms. The van der Waals surface area contributed by atoms with Crippen LogP contribution in [0.15, 0.2) is 30.3 Å². The van der Waals surface area contributed by atoms with Gasteiger partial charge < -0.3 is 35.2 Å². The highest BCUT2D eigenvalue weighted by atomic mass is 32.1. The molecule has 0 unspecified atom stereocenters. The molecule has 10 nitrogen and oxygen atoms in total. The SMILES string of the molecule is CC[C@H](C)[C@@H]([C@@H](CC(=O)N1CCC[C@H]1[C@H](OC)[C@@H](C)C(=S)NCCc1ccccc1)OC)N(C)C(=O)[C@@H](NC(=O)[C@@H](NC)C(C)C)C(C)C. The summed E-state index contributed by atoms with van der Waals surface area (Å²) in [4.78, 5) is 45.7. The summed E-state index contributed by atoms with van der Waals surface area (Å²) in [5, 5.41) is 9.49. The van der Waals surface area contributed by atoms with Crippen LogP contribution in [0.5, 0.6) is 0 Å². The Balaban J connectivity index is 2.20. The average molecular weight is 704 g/mol. The zero-order valence-corrected chi connectivity index (χ0v) is 32.8. The summed E-state index contributed by atoms with van der Waals surface area (Å²) < 4.78 is 12.1. The zero-order valence-electron chi connectivity index (χ0n) is 32.0.